The van der Waals surface area contributed by atoms with Crippen LogP contribution in [-0.4, -0.2) is 27.4 Å². The van der Waals surface area contributed by atoms with Crippen molar-refractivity contribution >= 4 is 46.1 Å². The van der Waals surface area contributed by atoms with Crippen molar-refractivity contribution in [2.45, 2.75) is 17.8 Å². The Morgan fingerprint density at radius 2 is 2.14 bits per heavy atom. The fraction of sp³-hybridized carbons (Fsp3) is 0.250. The summed E-state index contributed by atoms with van der Waals surface area (Å²) < 4.78 is 38.8. The van der Waals surface area contributed by atoms with E-state index in [4.69, 9.17) is 16.7 Å². The Bertz CT molecular complexity index is 664. The van der Waals surface area contributed by atoms with E-state index in [0.29, 0.717) is 0 Å². The Kier molecular flexibility index (Phi) is 4.66. The monoisotopic (exact) mass is 352 g/mol. The van der Waals surface area contributed by atoms with Crippen LogP contribution in [0.2, 0.25) is 5.02 Å². The number of nitrogens with zero attached hydrogens (tertiary/aromatic N) is 1. The Morgan fingerprint density at radius 1 is 1.45 bits per heavy atom. The number of amidine groups is 1. The van der Waals surface area contributed by atoms with Gasteiger partial charge in [0.15, 0.2) is 5.17 Å². The first-order valence-corrected chi connectivity index (χ1v) is 7.07. The van der Waals surface area contributed by atoms with Gasteiger partial charge in [0.2, 0.25) is 5.91 Å². The molecule has 118 valence electrons. The zero-order chi connectivity index (χ0) is 16.5. The van der Waals surface area contributed by atoms with E-state index in [0.717, 1.165) is 23.9 Å². The number of carboxylic acid groups (broad SMARTS) is 1. The van der Waals surface area contributed by atoms with Crippen molar-refractivity contribution in [2.24, 2.45) is 4.99 Å². The highest BCUT2D eigenvalue weighted by Crippen LogP contribution is 2.38. The topological polar surface area (TPSA) is 78.8 Å². The molecule has 1 aromatic rings. The Balaban J connectivity index is 2.31. The molecule has 2 N–H and O–H groups in total. The molecule has 1 aliphatic rings. The minimum absolute atomic E-state index is 0.0796. The minimum Gasteiger partial charge on any atom is -0.481 e. The van der Waals surface area contributed by atoms with Crippen LogP contribution in [0.25, 0.3) is 0 Å². The summed E-state index contributed by atoms with van der Waals surface area (Å²) in [6.45, 7) is 0. The van der Waals surface area contributed by atoms with E-state index in [2.05, 4.69) is 10.3 Å². The molecule has 0 aromatic heterocycles. The maximum Gasteiger partial charge on any atom is 0.418 e. The molecule has 1 atom stereocenters. The Morgan fingerprint density at radius 3 is 2.73 bits per heavy atom. The fourth-order valence-corrected chi connectivity index (χ4v) is 2.84. The smallest absolute Gasteiger partial charge is 0.418 e. The second-order valence-electron chi connectivity index (χ2n) is 4.27. The summed E-state index contributed by atoms with van der Waals surface area (Å²) in [4.78, 5) is 25.9. The zero-order valence-corrected chi connectivity index (χ0v) is 12.2. The Hall–Kier alpha value is -1.74. The number of rotatable bonds is 3. The van der Waals surface area contributed by atoms with Gasteiger partial charge >= 0.3 is 12.1 Å². The van der Waals surface area contributed by atoms with Gasteiger partial charge in [0.25, 0.3) is 0 Å². The summed E-state index contributed by atoms with van der Waals surface area (Å²) in [5.74, 6) is -1.79. The van der Waals surface area contributed by atoms with Crippen molar-refractivity contribution < 1.29 is 27.9 Å². The quantitative estimate of drug-likeness (QED) is 0.876. The zero-order valence-electron chi connectivity index (χ0n) is 10.6. The van der Waals surface area contributed by atoms with Crippen LogP contribution < -0.4 is 5.32 Å². The number of alkyl halides is 3. The molecule has 0 unspecified atom stereocenters. The normalized spacial score (nSPS) is 20.3. The summed E-state index contributed by atoms with van der Waals surface area (Å²) in [6.07, 6.45) is -5.10. The number of carboxylic acids is 1. The van der Waals surface area contributed by atoms with Crippen LogP contribution in [0, 0.1) is 0 Å². The molecule has 22 heavy (non-hydrogen) atoms. The highest BCUT2D eigenvalue weighted by molar-refractivity contribution is 8.15. The van der Waals surface area contributed by atoms with Crippen LogP contribution in [0.1, 0.15) is 12.0 Å². The number of aliphatic carboxylic acids is 1. The van der Waals surface area contributed by atoms with Gasteiger partial charge in [0, 0.05) is 5.02 Å². The average molecular weight is 353 g/mol. The molecule has 1 aliphatic heterocycles. The molecule has 1 aromatic carbocycles. The third-order valence-corrected chi connectivity index (χ3v) is 3.94. The van der Waals surface area contributed by atoms with E-state index >= 15 is 0 Å². The first-order chi connectivity index (χ1) is 10.2. The number of nitrogens with one attached hydrogen (secondary N) is 1. The van der Waals surface area contributed by atoms with Crippen LogP contribution in [0.3, 0.4) is 0 Å². The number of aliphatic imine (C=N–C) groups is 1. The lowest BCUT2D eigenvalue weighted by Crippen LogP contribution is -2.26. The van der Waals surface area contributed by atoms with E-state index in [-0.39, 0.29) is 10.2 Å². The molecule has 0 bridgehead atoms. The molecule has 1 amide bonds. The highest BCUT2D eigenvalue weighted by Gasteiger charge is 2.36. The highest BCUT2D eigenvalue weighted by atomic mass is 35.5. The summed E-state index contributed by atoms with van der Waals surface area (Å²) in [5.41, 5.74) is -1.44. The third-order valence-electron chi connectivity index (χ3n) is 2.62. The molecule has 0 radical (unpaired) electrons. The van der Waals surface area contributed by atoms with Crippen LogP contribution in [0.15, 0.2) is 23.2 Å². The number of thioether (sulfide) groups is 1. The molecule has 10 heteroatoms. The van der Waals surface area contributed by atoms with Crippen molar-refractivity contribution in [1.82, 2.24) is 5.32 Å². The number of hydrogen-bond acceptors (Lipinski definition) is 4. The van der Waals surface area contributed by atoms with Gasteiger partial charge < -0.3 is 10.4 Å². The van der Waals surface area contributed by atoms with Crippen LogP contribution in [-0.2, 0) is 15.8 Å². The van der Waals surface area contributed by atoms with Gasteiger partial charge in [0.05, 0.1) is 17.7 Å². The van der Waals surface area contributed by atoms with Crippen molar-refractivity contribution in [3.8, 4) is 0 Å². The predicted molar refractivity (Wildman–Crippen MR) is 75.3 cm³/mol. The average Bonchev–Trinajstić information content (AvgIpc) is 2.70. The number of amides is 1. The van der Waals surface area contributed by atoms with Gasteiger partial charge in [0.1, 0.15) is 5.25 Å². The van der Waals surface area contributed by atoms with Crippen molar-refractivity contribution in [3.63, 3.8) is 0 Å². The van der Waals surface area contributed by atoms with Crippen LogP contribution >= 0.6 is 23.4 Å². The molecule has 1 fully saturated rings. The minimum atomic E-state index is -4.65. The first kappa shape index (κ1) is 16.6. The molecule has 1 saturated heterocycles. The second-order valence-corrected chi connectivity index (χ2v) is 5.90. The van der Waals surface area contributed by atoms with Crippen LogP contribution in [0.4, 0.5) is 18.9 Å². The van der Waals surface area contributed by atoms with Gasteiger partial charge in [-0.2, -0.15) is 13.2 Å². The summed E-state index contributed by atoms with van der Waals surface area (Å²) in [6, 6.07) is 3.05. The van der Waals surface area contributed by atoms with Crippen molar-refractivity contribution in [3.05, 3.63) is 28.8 Å². The second kappa shape index (κ2) is 6.17. The van der Waals surface area contributed by atoms with E-state index in [1.807, 2.05) is 0 Å². The van der Waals surface area contributed by atoms with Gasteiger partial charge in [-0.25, -0.2) is 4.99 Å². The van der Waals surface area contributed by atoms with Gasteiger partial charge in [-0.05, 0) is 18.2 Å². The number of hydrogen-bond donors (Lipinski definition) is 2. The summed E-state index contributed by atoms with van der Waals surface area (Å²) >= 11 is 6.33. The lowest BCUT2D eigenvalue weighted by molar-refractivity contribution is -0.138. The van der Waals surface area contributed by atoms with Gasteiger partial charge in [-0.1, -0.05) is 23.4 Å². The van der Waals surface area contributed by atoms with E-state index in [1.54, 1.807) is 0 Å². The van der Waals surface area contributed by atoms with Crippen molar-refractivity contribution in [2.75, 3.05) is 0 Å². The summed E-state index contributed by atoms with van der Waals surface area (Å²) in [7, 11) is 0. The molecule has 2 rings (SSSR count). The maximum atomic E-state index is 12.9. The summed E-state index contributed by atoms with van der Waals surface area (Å²) in [5, 5.41) is 9.82. The SMILES string of the molecule is O=C(O)C[C@@H]1SC(=Nc2ccc(Cl)cc2C(F)(F)F)NC1=O. The number of halogens is 4. The van der Waals surface area contributed by atoms with E-state index < -0.39 is 41.0 Å². The first-order valence-electron chi connectivity index (χ1n) is 5.81. The molecule has 0 saturated carbocycles. The fourth-order valence-electron chi connectivity index (χ4n) is 1.69. The molecular formula is C12H8ClF3N2O3S. The van der Waals surface area contributed by atoms with Crippen LogP contribution in [0.5, 0.6) is 0 Å². The molecular weight excluding hydrogens is 345 g/mol. The number of carbonyl (C=O) groups excluding carboxylic acids is 1. The van der Waals surface area contributed by atoms with Gasteiger partial charge in [-0.15, -0.1) is 0 Å². The van der Waals surface area contributed by atoms with Gasteiger partial charge in [-0.3, -0.25) is 9.59 Å². The molecule has 1 heterocycles. The third kappa shape index (κ3) is 3.92. The standard InChI is InChI=1S/C12H8ClF3N2O3S/c13-5-1-2-7(6(3-5)12(14,15)16)17-11-18-10(21)8(22-11)4-9(19)20/h1-3,8H,4H2,(H,19,20)(H,17,18,21)/t8-/m0/s1. The van der Waals surface area contributed by atoms with E-state index in [9.17, 15) is 22.8 Å². The predicted octanol–water partition coefficient (Wildman–Crippen LogP) is 3.05. The molecule has 5 nitrogen and oxygen atoms in total. The largest absolute Gasteiger partial charge is 0.481 e. The van der Waals surface area contributed by atoms with Crippen molar-refractivity contribution in [1.29, 1.82) is 0 Å². The van der Waals surface area contributed by atoms with E-state index in [1.165, 1.54) is 6.07 Å². The lowest BCUT2D eigenvalue weighted by Gasteiger charge is -2.10. The molecule has 0 aliphatic carbocycles. The molecule has 0 spiro atoms. The Labute approximate surface area is 131 Å². The lowest BCUT2D eigenvalue weighted by atomic mass is 10.2. The number of benzene rings is 1. The number of carbonyl (C=O) groups is 2. The maximum absolute atomic E-state index is 12.9.